The van der Waals surface area contributed by atoms with Gasteiger partial charge < -0.3 is 4.90 Å². The molecule has 9 heteroatoms. The summed E-state index contributed by atoms with van der Waals surface area (Å²) in [4.78, 5) is 27.2. The van der Waals surface area contributed by atoms with Crippen LogP contribution in [0, 0.1) is 0 Å². The van der Waals surface area contributed by atoms with Crippen LogP contribution in [0.15, 0.2) is 59.7 Å². The van der Waals surface area contributed by atoms with E-state index in [-0.39, 0.29) is 16.8 Å². The number of aromatic nitrogens is 5. The highest BCUT2D eigenvalue weighted by Crippen LogP contribution is 2.27. The monoisotopic (exact) mass is 479 g/mol. The first-order valence-electron chi connectivity index (χ1n) is 11.4. The Morgan fingerprint density at radius 3 is 2.47 bits per heavy atom. The molecule has 0 amide bonds. The summed E-state index contributed by atoms with van der Waals surface area (Å²) in [5, 5.41) is 7.46. The van der Waals surface area contributed by atoms with Crippen molar-refractivity contribution in [3.63, 3.8) is 0 Å². The molecule has 0 spiro atoms. The molecule has 0 aliphatic carbocycles. The molecular formula is C25H30ClN7O. The lowest BCUT2D eigenvalue weighted by Crippen LogP contribution is -2.38. The van der Waals surface area contributed by atoms with Crippen LogP contribution in [-0.4, -0.2) is 61.7 Å². The van der Waals surface area contributed by atoms with Crippen molar-refractivity contribution in [2.75, 3.05) is 27.2 Å². The number of pyridine rings is 1. The molecule has 3 aromatic heterocycles. The minimum Gasteiger partial charge on any atom is -0.308 e. The predicted octanol–water partition coefficient (Wildman–Crippen LogP) is 3.73. The fraction of sp³-hybridized carbons (Fsp3) is 0.360. The summed E-state index contributed by atoms with van der Waals surface area (Å²) in [6, 6.07) is 13.9. The second kappa shape index (κ2) is 10.9. The van der Waals surface area contributed by atoms with Crippen LogP contribution in [0.2, 0.25) is 5.15 Å². The third-order valence-corrected chi connectivity index (χ3v) is 6.21. The molecule has 1 aromatic carbocycles. The molecule has 178 valence electrons. The van der Waals surface area contributed by atoms with Gasteiger partial charge in [0.05, 0.1) is 12.6 Å². The van der Waals surface area contributed by atoms with Crippen LogP contribution in [0.5, 0.6) is 0 Å². The molecule has 0 fully saturated rings. The first kappa shape index (κ1) is 24.1. The summed E-state index contributed by atoms with van der Waals surface area (Å²) in [5.74, 6) is 0.694. The van der Waals surface area contributed by atoms with E-state index in [1.807, 2.05) is 54.9 Å². The van der Waals surface area contributed by atoms with Crippen LogP contribution in [0.4, 0.5) is 0 Å². The number of fused-ring (bicyclic) bond motifs is 1. The number of halogens is 1. The Balaban J connectivity index is 1.82. The molecule has 8 nitrogen and oxygen atoms in total. The predicted molar refractivity (Wildman–Crippen MR) is 135 cm³/mol. The zero-order valence-electron chi connectivity index (χ0n) is 19.8. The summed E-state index contributed by atoms with van der Waals surface area (Å²) in [5.41, 5.74) is 2.35. The number of hydrogen-bond donors (Lipinski definition) is 1. The van der Waals surface area contributed by atoms with E-state index < -0.39 is 0 Å². The fourth-order valence-electron chi connectivity index (χ4n) is 4.16. The summed E-state index contributed by atoms with van der Waals surface area (Å²) >= 11 is 6.28. The maximum atomic E-state index is 13.6. The third-order valence-electron chi connectivity index (χ3n) is 5.94. The van der Waals surface area contributed by atoms with Crippen molar-refractivity contribution in [3.8, 4) is 0 Å². The van der Waals surface area contributed by atoms with Gasteiger partial charge in [0.1, 0.15) is 16.4 Å². The van der Waals surface area contributed by atoms with Crippen LogP contribution in [-0.2, 0) is 13.1 Å². The number of nitrogens with zero attached hydrogens (tertiary/aromatic N) is 6. The Kier molecular flexibility index (Phi) is 7.72. The topological polar surface area (TPSA) is 82.9 Å². The Bertz CT molecular complexity index is 1270. The quantitative estimate of drug-likeness (QED) is 0.373. The third kappa shape index (κ3) is 5.35. The minimum atomic E-state index is -0.183. The second-order valence-electron chi connectivity index (χ2n) is 8.64. The molecule has 4 aromatic rings. The first-order valence-corrected chi connectivity index (χ1v) is 11.8. The molecule has 1 N–H and O–H groups in total. The van der Waals surface area contributed by atoms with Crippen molar-refractivity contribution in [2.24, 2.45) is 0 Å². The molecular weight excluding hydrogens is 450 g/mol. The van der Waals surface area contributed by atoms with Crippen molar-refractivity contribution < 1.29 is 0 Å². The Morgan fingerprint density at radius 1 is 1.06 bits per heavy atom. The van der Waals surface area contributed by atoms with Gasteiger partial charge in [-0.05, 0) is 43.8 Å². The van der Waals surface area contributed by atoms with E-state index in [0.717, 1.165) is 37.2 Å². The van der Waals surface area contributed by atoms with Gasteiger partial charge in [0.2, 0.25) is 0 Å². The second-order valence-corrected chi connectivity index (χ2v) is 9.01. The maximum absolute atomic E-state index is 13.6. The van der Waals surface area contributed by atoms with E-state index in [1.165, 1.54) is 0 Å². The zero-order valence-corrected chi connectivity index (χ0v) is 20.5. The number of benzene rings is 1. The summed E-state index contributed by atoms with van der Waals surface area (Å²) in [7, 11) is 4.12. The Morgan fingerprint density at radius 2 is 1.79 bits per heavy atom. The van der Waals surface area contributed by atoms with Crippen molar-refractivity contribution in [1.29, 1.82) is 0 Å². The molecule has 0 aliphatic rings. The highest BCUT2D eigenvalue weighted by molar-refractivity contribution is 6.33. The Labute approximate surface area is 204 Å². The van der Waals surface area contributed by atoms with Gasteiger partial charge in [0.15, 0.2) is 5.65 Å². The lowest BCUT2D eigenvalue weighted by atomic mass is 10.1. The van der Waals surface area contributed by atoms with E-state index in [9.17, 15) is 4.79 Å². The molecule has 0 saturated heterocycles. The number of H-pyrrole nitrogens is 1. The normalized spacial score (nSPS) is 12.6. The average molecular weight is 480 g/mol. The molecule has 0 aliphatic heterocycles. The average Bonchev–Trinajstić information content (AvgIpc) is 3.22. The summed E-state index contributed by atoms with van der Waals surface area (Å²) in [6.07, 6.45) is 4.40. The van der Waals surface area contributed by atoms with Crippen LogP contribution >= 0.6 is 11.6 Å². The molecule has 4 rings (SSSR count). The summed E-state index contributed by atoms with van der Waals surface area (Å²) < 4.78 is 1.75. The largest absolute Gasteiger partial charge is 0.308 e. The van der Waals surface area contributed by atoms with E-state index in [2.05, 4.69) is 46.0 Å². The molecule has 0 radical (unpaired) electrons. The maximum Gasteiger partial charge on any atom is 0.266 e. The minimum absolute atomic E-state index is 0.0931. The smallest absolute Gasteiger partial charge is 0.266 e. The highest BCUT2D eigenvalue weighted by atomic mass is 35.5. The van der Waals surface area contributed by atoms with Crippen molar-refractivity contribution in [3.05, 3.63) is 87.3 Å². The molecule has 1 atom stereocenters. The van der Waals surface area contributed by atoms with Crippen LogP contribution in [0.1, 0.15) is 36.3 Å². The molecule has 0 bridgehead atoms. The van der Waals surface area contributed by atoms with Gasteiger partial charge in [-0.2, -0.15) is 5.10 Å². The van der Waals surface area contributed by atoms with Crippen molar-refractivity contribution in [1.82, 2.24) is 34.5 Å². The lowest BCUT2D eigenvalue weighted by molar-refractivity contribution is 0.155. The van der Waals surface area contributed by atoms with Crippen molar-refractivity contribution in [2.45, 2.75) is 32.5 Å². The standard InChI is InChI=1S/C25H30ClN7O/c1-4-20(32(15-14-31(2)3)16-19-10-12-27-13-11-19)24-28-23-21(22(26)29-30-23)25(34)33(24)17-18-8-6-5-7-9-18/h5-13,20H,4,14-17H2,1-3H3,(H,29,30). The first-order chi connectivity index (χ1) is 16.5. The number of hydrogen-bond acceptors (Lipinski definition) is 6. The molecule has 34 heavy (non-hydrogen) atoms. The number of rotatable bonds is 10. The molecule has 1 unspecified atom stereocenters. The van der Waals surface area contributed by atoms with Crippen LogP contribution in [0.25, 0.3) is 11.0 Å². The molecule has 3 heterocycles. The van der Waals surface area contributed by atoms with Gasteiger partial charge in [-0.15, -0.1) is 0 Å². The number of likely N-dealkylation sites (N-methyl/N-ethyl adjacent to an activating group) is 1. The van der Waals surface area contributed by atoms with E-state index in [0.29, 0.717) is 23.4 Å². The van der Waals surface area contributed by atoms with Gasteiger partial charge in [-0.25, -0.2) is 4.98 Å². The van der Waals surface area contributed by atoms with E-state index in [1.54, 1.807) is 4.57 Å². The number of nitrogens with one attached hydrogen (secondary N) is 1. The van der Waals surface area contributed by atoms with Gasteiger partial charge in [0, 0.05) is 32.0 Å². The van der Waals surface area contributed by atoms with Gasteiger partial charge in [-0.1, -0.05) is 48.9 Å². The van der Waals surface area contributed by atoms with Crippen LogP contribution in [0.3, 0.4) is 0 Å². The summed E-state index contributed by atoms with van der Waals surface area (Å²) in [6.45, 7) is 4.94. The van der Waals surface area contributed by atoms with Gasteiger partial charge in [0.25, 0.3) is 5.56 Å². The van der Waals surface area contributed by atoms with Crippen LogP contribution < -0.4 is 5.56 Å². The van der Waals surface area contributed by atoms with Gasteiger partial charge in [-0.3, -0.25) is 24.3 Å². The van der Waals surface area contributed by atoms with E-state index >= 15 is 0 Å². The zero-order chi connectivity index (χ0) is 24.1. The number of aromatic amines is 1. The van der Waals surface area contributed by atoms with Crippen molar-refractivity contribution >= 4 is 22.6 Å². The fourth-order valence-corrected chi connectivity index (χ4v) is 4.37. The molecule has 0 saturated carbocycles. The van der Waals surface area contributed by atoms with Gasteiger partial charge >= 0.3 is 0 Å². The Hall–Kier alpha value is -3.07. The SMILES string of the molecule is CCC(c1nc2n[nH]c(Cl)c2c(=O)n1Cc1ccccc1)N(CCN(C)C)Cc1ccncc1. The lowest BCUT2D eigenvalue weighted by Gasteiger charge is -2.33. The highest BCUT2D eigenvalue weighted by Gasteiger charge is 2.27. The van der Waals surface area contributed by atoms with E-state index in [4.69, 9.17) is 16.6 Å².